The first-order valence-electron chi connectivity index (χ1n) is 6.86. The van der Waals surface area contributed by atoms with Crippen molar-refractivity contribution in [3.8, 4) is 0 Å². The SMILES string of the molecule is Cc1ccc(N2CCN(C)CC2C)c(CCN)c1. The summed E-state index contributed by atoms with van der Waals surface area (Å²) in [7, 11) is 2.20. The Kier molecular flexibility index (Phi) is 4.25. The lowest BCUT2D eigenvalue weighted by molar-refractivity contribution is 0.275. The Labute approximate surface area is 111 Å². The lowest BCUT2D eigenvalue weighted by Crippen LogP contribution is -2.50. The van der Waals surface area contributed by atoms with Crippen LogP contribution in [0.4, 0.5) is 5.69 Å². The summed E-state index contributed by atoms with van der Waals surface area (Å²) >= 11 is 0. The summed E-state index contributed by atoms with van der Waals surface area (Å²) in [5.41, 5.74) is 9.84. The molecule has 2 rings (SSSR count). The minimum absolute atomic E-state index is 0.572. The van der Waals surface area contributed by atoms with Gasteiger partial charge < -0.3 is 15.5 Å². The molecule has 0 bridgehead atoms. The highest BCUT2D eigenvalue weighted by molar-refractivity contribution is 5.56. The Bertz CT molecular complexity index is 403. The average Bonchev–Trinajstić information content (AvgIpc) is 2.31. The summed E-state index contributed by atoms with van der Waals surface area (Å²) in [6, 6.07) is 7.33. The lowest BCUT2D eigenvalue weighted by Gasteiger charge is -2.40. The number of hydrogen-bond acceptors (Lipinski definition) is 3. The first-order valence-corrected chi connectivity index (χ1v) is 6.86. The zero-order valence-electron chi connectivity index (χ0n) is 11.8. The van der Waals surface area contributed by atoms with Crippen molar-refractivity contribution in [2.45, 2.75) is 26.3 Å². The first-order chi connectivity index (χ1) is 8.61. The number of nitrogens with zero attached hydrogens (tertiary/aromatic N) is 2. The highest BCUT2D eigenvalue weighted by atomic mass is 15.3. The predicted octanol–water partition coefficient (Wildman–Crippen LogP) is 1.64. The molecule has 1 aromatic rings. The lowest BCUT2D eigenvalue weighted by atomic mass is 10.0. The molecule has 0 radical (unpaired) electrons. The van der Waals surface area contributed by atoms with Gasteiger partial charge in [0.25, 0.3) is 0 Å². The molecule has 1 atom stereocenters. The van der Waals surface area contributed by atoms with Crippen LogP contribution < -0.4 is 10.6 Å². The Morgan fingerprint density at radius 3 is 2.78 bits per heavy atom. The molecule has 100 valence electrons. The van der Waals surface area contributed by atoms with Gasteiger partial charge in [-0.3, -0.25) is 0 Å². The van der Waals surface area contributed by atoms with E-state index < -0.39 is 0 Å². The van der Waals surface area contributed by atoms with E-state index in [1.54, 1.807) is 0 Å². The third-order valence-corrected chi connectivity index (χ3v) is 3.79. The van der Waals surface area contributed by atoms with Crippen molar-refractivity contribution in [1.82, 2.24) is 4.90 Å². The maximum Gasteiger partial charge on any atom is 0.0402 e. The molecule has 0 aromatic heterocycles. The molecule has 1 aromatic carbocycles. The van der Waals surface area contributed by atoms with Crippen LogP contribution in [-0.2, 0) is 6.42 Å². The zero-order chi connectivity index (χ0) is 13.1. The van der Waals surface area contributed by atoms with Gasteiger partial charge in [-0.2, -0.15) is 0 Å². The second-order valence-corrected chi connectivity index (χ2v) is 5.48. The molecule has 3 nitrogen and oxygen atoms in total. The highest BCUT2D eigenvalue weighted by Gasteiger charge is 2.23. The number of anilines is 1. The van der Waals surface area contributed by atoms with E-state index in [9.17, 15) is 0 Å². The second-order valence-electron chi connectivity index (χ2n) is 5.48. The Morgan fingerprint density at radius 1 is 1.33 bits per heavy atom. The van der Waals surface area contributed by atoms with Crippen LogP contribution in [-0.4, -0.2) is 44.2 Å². The highest BCUT2D eigenvalue weighted by Crippen LogP contribution is 2.26. The molecule has 18 heavy (non-hydrogen) atoms. The number of aryl methyl sites for hydroxylation is 1. The van der Waals surface area contributed by atoms with Crippen LogP contribution in [0.2, 0.25) is 0 Å². The third kappa shape index (κ3) is 2.85. The molecule has 0 spiro atoms. The number of piperazine rings is 1. The van der Waals surface area contributed by atoms with E-state index in [1.165, 1.54) is 16.8 Å². The fourth-order valence-electron chi connectivity index (χ4n) is 2.85. The molecular formula is C15H25N3. The molecule has 1 aliphatic heterocycles. The number of benzene rings is 1. The van der Waals surface area contributed by atoms with Crippen molar-refractivity contribution in [1.29, 1.82) is 0 Å². The number of nitrogens with two attached hydrogens (primary N) is 1. The molecule has 1 aliphatic rings. The van der Waals surface area contributed by atoms with E-state index in [4.69, 9.17) is 5.73 Å². The van der Waals surface area contributed by atoms with Crippen molar-refractivity contribution in [2.24, 2.45) is 5.73 Å². The average molecular weight is 247 g/mol. The van der Waals surface area contributed by atoms with Gasteiger partial charge in [0, 0.05) is 31.4 Å². The summed E-state index contributed by atoms with van der Waals surface area (Å²) < 4.78 is 0. The topological polar surface area (TPSA) is 32.5 Å². The van der Waals surface area contributed by atoms with E-state index in [-0.39, 0.29) is 0 Å². The second kappa shape index (κ2) is 5.72. The van der Waals surface area contributed by atoms with Crippen molar-refractivity contribution in [3.05, 3.63) is 29.3 Å². The van der Waals surface area contributed by atoms with Crippen LogP contribution in [0.15, 0.2) is 18.2 Å². The smallest absolute Gasteiger partial charge is 0.0402 e. The van der Waals surface area contributed by atoms with Crippen LogP contribution in [0, 0.1) is 6.92 Å². The molecular weight excluding hydrogens is 222 g/mol. The number of hydrogen-bond donors (Lipinski definition) is 1. The zero-order valence-corrected chi connectivity index (χ0v) is 11.8. The maximum atomic E-state index is 5.74. The van der Waals surface area contributed by atoms with Crippen LogP contribution in [0.3, 0.4) is 0 Å². The van der Waals surface area contributed by atoms with Gasteiger partial charge in [-0.1, -0.05) is 17.7 Å². The van der Waals surface area contributed by atoms with E-state index in [0.717, 1.165) is 32.6 Å². The Balaban J connectivity index is 2.26. The summed E-state index contributed by atoms with van der Waals surface area (Å²) in [4.78, 5) is 4.93. The van der Waals surface area contributed by atoms with E-state index in [2.05, 4.69) is 48.9 Å². The fraction of sp³-hybridized carbons (Fsp3) is 0.600. The summed E-state index contributed by atoms with van der Waals surface area (Å²) in [5.74, 6) is 0. The monoisotopic (exact) mass is 247 g/mol. The number of likely N-dealkylation sites (N-methyl/N-ethyl adjacent to an activating group) is 1. The fourth-order valence-corrected chi connectivity index (χ4v) is 2.85. The quantitative estimate of drug-likeness (QED) is 0.881. The van der Waals surface area contributed by atoms with Crippen LogP contribution in [0.25, 0.3) is 0 Å². The van der Waals surface area contributed by atoms with E-state index in [0.29, 0.717) is 6.04 Å². The van der Waals surface area contributed by atoms with Crippen molar-refractivity contribution in [2.75, 3.05) is 38.1 Å². The van der Waals surface area contributed by atoms with E-state index >= 15 is 0 Å². The minimum atomic E-state index is 0.572. The molecule has 2 N–H and O–H groups in total. The molecule has 1 fully saturated rings. The van der Waals surface area contributed by atoms with Crippen molar-refractivity contribution >= 4 is 5.69 Å². The van der Waals surface area contributed by atoms with Crippen LogP contribution in [0.5, 0.6) is 0 Å². The molecule has 0 saturated carbocycles. The van der Waals surface area contributed by atoms with Crippen LogP contribution in [0.1, 0.15) is 18.1 Å². The van der Waals surface area contributed by atoms with Gasteiger partial charge in [0.05, 0.1) is 0 Å². The van der Waals surface area contributed by atoms with Gasteiger partial charge in [-0.05, 0) is 45.5 Å². The predicted molar refractivity (Wildman–Crippen MR) is 78.2 cm³/mol. The number of rotatable bonds is 3. The maximum absolute atomic E-state index is 5.74. The summed E-state index contributed by atoms with van der Waals surface area (Å²) in [6.45, 7) is 8.56. The van der Waals surface area contributed by atoms with Crippen molar-refractivity contribution < 1.29 is 0 Å². The van der Waals surface area contributed by atoms with Gasteiger partial charge in [-0.15, -0.1) is 0 Å². The molecule has 0 amide bonds. The summed E-state index contributed by atoms with van der Waals surface area (Å²) in [5, 5.41) is 0. The molecule has 1 unspecified atom stereocenters. The molecule has 3 heteroatoms. The Hall–Kier alpha value is -1.06. The first kappa shape index (κ1) is 13.4. The molecule has 1 heterocycles. The molecule has 1 saturated heterocycles. The minimum Gasteiger partial charge on any atom is -0.366 e. The van der Waals surface area contributed by atoms with Gasteiger partial charge in [-0.25, -0.2) is 0 Å². The Morgan fingerprint density at radius 2 is 2.11 bits per heavy atom. The molecule has 0 aliphatic carbocycles. The standard InChI is InChI=1S/C15H25N3/c1-12-4-5-15(14(10-12)6-7-16)18-9-8-17(3)11-13(18)2/h4-5,10,13H,6-9,11,16H2,1-3H3. The van der Waals surface area contributed by atoms with Gasteiger partial charge in [0.2, 0.25) is 0 Å². The van der Waals surface area contributed by atoms with Gasteiger partial charge in [0.1, 0.15) is 0 Å². The van der Waals surface area contributed by atoms with Gasteiger partial charge >= 0.3 is 0 Å². The largest absolute Gasteiger partial charge is 0.366 e. The normalized spacial score (nSPS) is 21.3. The summed E-state index contributed by atoms with van der Waals surface area (Å²) in [6.07, 6.45) is 0.968. The van der Waals surface area contributed by atoms with Crippen molar-refractivity contribution in [3.63, 3.8) is 0 Å². The van der Waals surface area contributed by atoms with Crippen LogP contribution >= 0.6 is 0 Å². The van der Waals surface area contributed by atoms with Gasteiger partial charge in [0.15, 0.2) is 0 Å². The van der Waals surface area contributed by atoms with E-state index in [1.807, 2.05) is 0 Å². The third-order valence-electron chi connectivity index (χ3n) is 3.79.